The Bertz CT molecular complexity index is 589. The number of nitrogens with one attached hydrogen (secondary N) is 1. The van der Waals surface area contributed by atoms with Crippen LogP contribution >= 0.6 is 0 Å². The first kappa shape index (κ1) is 13.5. The molecule has 0 saturated heterocycles. The van der Waals surface area contributed by atoms with Gasteiger partial charge in [-0.05, 0) is 12.1 Å². The molecule has 0 fully saturated rings. The van der Waals surface area contributed by atoms with Crippen molar-refractivity contribution >= 4 is 23.4 Å². The lowest BCUT2D eigenvalue weighted by molar-refractivity contribution is -0.135. The lowest BCUT2D eigenvalue weighted by Crippen LogP contribution is -2.38. The lowest BCUT2D eigenvalue weighted by Gasteiger charge is -2.21. The summed E-state index contributed by atoms with van der Waals surface area (Å²) in [5, 5.41) is 11.5. The number of carboxylic acids is 1. The number of hydrogen-bond acceptors (Lipinski definition) is 4. The zero-order chi connectivity index (χ0) is 14.4. The number of aliphatic carboxylic acids is 1. The van der Waals surface area contributed by atoms with E-state index in [4.69, 9.17) is 5.11 Å². The molecule has 0 aliphatic rings. The van der Waals surface area contributed by atoms with Gasteiger partial charge in [0.2, 0.25) is 0 Å². The topological polar surface area (TPSA) is 95.4 Å². The van der Waals surface area contributed by atoms with E-state index >= 15 is 0 Å². The number of urea groups is 1. The molecule has 1 heterocycles. The Hall–Kier alpha value is -2.96. The molecule has 2 amide bonds. The number of anilines is 2. The van der Waals surface area contributed by atoms with Crippen LogP contribution in [0, 0.1) is 0 Å². The molecule has 20 heavy (non-hydrogen) atoms. The highest BCUT2D eigenvalue weighted by Crippen LogP contribution is 2.14. The van der Waals surface area contributed by atoms with E-state index in [9.17, 15) is 9.59 Å². The monoisotopic (exact) mass is 272 g/mol. The van der Waals surface area contributed by atoms with Crippen molar-refractivity contribution in [3.05, 3.63) is 49.1 Å². The summed E-state index contributed by atoms with van der Waals surface area (Å²) in [4.78, 5) is 31.7. The molecule has 7 heteroatoms. The van der Waals surface area contributed by atoms with Crippen molar-refractivity contribution in [1.82, 2.24) is 9.97 Å². The van der Waals surface area contributed by atoms with Gasteiger partial charge in [0.05, 0.1) is 18.1 Å². The highest BCUT2D eigenvalue weighted by Gasteiger charge is 2.18. The molecule has 2 rings (SSSR count). The second kappa shape index (κ2) is 6.28. The van der Waals surface area contributed by atoms with E-state index in [-0.39, 0.29) is 0 Å². The number of aromatic nitrogens is 2. The highest BCUT2D eigenvalue weighted by atomic mass is 16.4. The predicted octanol–water partition coefficient (Wildman–Crippen LogP) is 1.60. The van der Waals surface area contributed by atoms with E-state index in [0.717, 1.165) is 4.90 Å². The Morgan fingerprint density at radius 1 is 1.15 bits per heavy atom. The Balaban J connectivity index is 2.18. The van der Waals surface area contributed by atoms with Crippen LogP contribution in [0.2, 0.25) is 0 Å². The first-order chi connectivity index (χ1) is 9.66. The van der Waals surface area contributed by atoms with Gasteiger partial charge in [-0.1, -0.05) is 18.2 Å². The number of nitrogens with zero attached hydrogens (tertiary/aromatic N) is 3. The van der Waals surface area contributed by atoms with Gasteiger partial charge in [-0.2, -0.15) is 0 Å². The average molecular weight is 272 g/mol. The fourth-order valence-electron chi connectivity index (χ4n) is 1.58. The number of carbonyl (C=O) groups is 2. The number of hydrogen-bond donors (Lipinski definition) is 2. The summed E-state index contributed by atoms with van der Waals surface area (Å²) in [6.07, 6.45) is 4.19. The number of carbonyl (C=O) groups excluding carboxylic acids is 1. The van der Waals surface area contributed by atoms with Crippen LogP contribution in [0.1, 0.15) is 0 Å². The summed E-state index contributed by atoms with van der Waals surface area (Å²) < 4.78 is 0. The number of carboxylic acid groups (broad SMARTS) is 1. The highest BCUT2D eigenvalue weighted by molar-refractivity contribution is 6.04. The summed E-state index contributed by atoms with van der Waals surface area (Å²) in [5.74, 6) is -1.10. The Morgan fingerprint density at radius 3 is 2.40 bits per heavy atom. The Kier molecular flexibility index (Phi) is 4.23. The van der Waals surface area contributed by atoms with Crippen LogP contribution in [0.15, 0.2) is 49.1 Å². The molecule has 1 aromatic carbocycles. The Labute approximate surface area is 114 Å². The third-order valence-electron chi connectivity index (χ3n) is 2.42. The van der Waals surface area contributed by atoms with Crippen LogP contribution in [-0.4, -0.2) is 33.6 Å². The van der Waals surface area contributed by atoms with Gasteiger partial charge in [0.1, 0.15) is 12.9 Å². The lowest BCUT2D eigenvalue weighted by atomic mass is 10.3. The molecule has 0 bridgehead atoms. The van der Waals surface area contributed by atoms with Crippen LogP contribution in [0.4, 0.5) is 16.2 Å². The molecular weight excluding hydrogens is 260 g/mol. The van der Waals surface area contributed by atoms with Gasteiger partial charge >= 0.3 is 12.0 Å². The maximum absolute atomic E-state index is 12.1. The van der Waals surface area contributed by atoms with Crippen molar-refractivity contribution in [2.75, 3.05) is 16.8 Å². The van der Waals surface area contributed by atoms with Gasteiger partial charge in [-0.15, -0.1) is 0 Å². The van der Waals surface area contributed by atoms with Crippen molar-refractivity contribution in [1.29, 1.82) is 0 Å². The summed E-state index contributed by atoms with van der Waals surface area (Å²) in [5.41, 5.74) is 0.882. The number of para-hydroxylation sites is 1. The summed E-state index contributed by atoms with van der Waals surface area (Å²) in [6.45, 7) is -0.441. The SMILES string of the molecule is O=C(O)CN(C(=O)Nc1cncnc1)c1ccccc1. The molecular formula is C13H12N4O3. The van der Waals surface area contributed by atoms with E-state index < -0.39 is 18.5 Å². The standard InChI is InChI=1S/C13H12N4O3/c18-12(19)8-17(11-4-2-1-3-5-11)13(20)16-10-6-14-9-15-7-10/h1-7,9H,8H2,(H,16,20)(H,18,19). The van der Waals surface area contributed by atoms with Gasteiger partial charge < -0.3 is 10.4 Å². The van der Waals surface area contributed by atoms with Crippen LogP contribution in [0.5, 0.6) is 0 Å². The van der Waals surface area contributed by atoms with Gasteiger partial charge in [-0.3, -0.25) is 9.69 Å². The van der Waals surface area contributed by atoms with E-state index in [1.165, 1.54) is 18.7 Å². The van der Waals surface area contributed by atoms with Crippen LogP contribution in [0.25, 0.3) is 0 Å². The molecule has 1 aromatic heterocycles. The number of rotatable bonds is 4. The zero-order valence-corrected chi connectivity index (χ0v) is 10.4. The summed E-state index contributed by atoms with van der Waals surface area (Å²) >= 11 is 0. The van der Waals surface area contributed by atoms with E-state index in [2.05, 4.69) is 15.3 Å². The van der Waals surface area contributed by atoms with Gasteiger partial charge in [0, 0.05) is 5.69 Å². The fourth-order valence-corrected chi connectivity index (χ4v) is 1.58. The maximum atomic E-state index is 12.1. The maximum Gasteiger partial charge on any atom is 0.326 e. The molecule has 2 N–H and O–H groups in total. The summed E-state index contributed by atoms with van der Waals surface area (Å²) in [7, 11) is 0. The minimum absolute atomic E-state index is 0.392. The zero-order valence-electron chi connectivity index (χ0n) is 10.4. The number of amides is 2. The number of benzene rings is 1. The quantitative estimate of drug-likeness (QED) is 0.881. The van der Waals surface area contributed by atoms with Crippen molar-refractivity contribution in [3.63, 3.8) is 0 Å². The third kappa shape index (κ3) is 3.52. The minimum Gasteiger partial charge on any atom is -0.480 e. The second-order valence-electron chi connectivity index (χ2n) is 3.87. The van der Waals surface area contributed by atoms with Crippen molar-refractivity contribution in [2.24, 2.45) is 0 Å². The first-order valence-corrected chi connectivity index (χ1v) is 5.77. The van der Waals surface area contributed by atoms with E-state index in [1.54, 1.807) is 30.3 Å². The fraction of sp³-hybridized carbons (Fsp3) is 0.0769. The second-order valence-corrected chi connectivity index (χ2v) is 3.87. The smallest absolute Gasteiger partial charge is 0.326 e. The molecule has 2 aromatic rings. The van der Waals surface area contributed by atoms with Gasteiger partial charge in [0.15, 0.2) is 0 Å². The van der Waals surface area contributed by atoms with E-state index in [1.807, 2.05) is 0 Å². The molecule has 102 valence electrons. The third-order valence-corrected chi connectivity index (χ3v) is 2.42. The van der Waals surface area contributed by atoms with Gasteiger partial charge in [0.25, 0.3) is 0 Å². The van der Waals surface area contributed by atoms with Crippen molar-refractivity contribution in [3.8, 4) is 0 Å². The Morgan fingerprint density at radius 2 is 1.80 bits per heavy atom. The normalized spacial score (nSPS) is 9.80. The largest absolute Gasteiger partial charge is 0.480 e. The molecule has 0 spiro atoms. The van der Waals surface area contributed by atoms with Crippen LogP contribution < -0.4 is 10.2 Å². The summed E-state index contributed by atoms with van der Waals surface area (Å²) in [6, 6.07) is 7.99. The molecule has 0 saturated carbocycles. The molecule has 7 nitrogen and oxygen atoms in total. The van der Waals surface area contributed by atoms with Crippen LogP contribution in [0.3, 0.4) is 0 Å². The molecule has 0 unspecified atom stereocenters. The average Bonchev–Trinajstić information content (AvgIpc) is 2.46. The molecule has 0 aliphatic carbocycles. The molecule has 0 radical (unpaired) electrons. The van der Waals surface area contributed by atoms with Crippen molar-refractivity contribution < 1.29 is 14.7 Å². The van der Waals surface area contributed by atoms with E-state index in [0.29, 0.717) is 11.4 Å². The van der Waals surface area contributed by atoms with Gasteiger partial charge in [-0.25, -0.2) is 14.8 Å². The molecule has 0 atom stereocenters. The minimum atomic E-state index is -1.10. The van der Waals surface area contributed by atoms with Crippen LogP contribution in [-0.2, 0) is 4.79 Å². The van der Waals surface area contributed by atoms with Crippen molar-refractivity contribution in [2.45, 2.75) is 0 Å². The molecule has 0 aliphatic heterocycles. The first-order valence-electron chi connectivity index (χ1n) is 5.77. The predicted molar refractivity (Wildman–Crippen MR) is 72.5 cm³/mol.